The number of hydrogen-bond donors (Lipinski definition) is 1. The average Bonchev–Trinajstić information content (AvgIpc) is 2.89. The van der Waals surface area contributed by atoms with Gasteiger partial charge in [0.15, 0.2) is 11.5 Å². The minimum absolute atomic E-state index is 0.00734. The van der Waals surface area contributed by atoms with Gasteiger partial charge in [0.25, 0.3) is 11.2 Å². The minimum Gasteiger partial charge on any atom is -0.355 e. The normalized spacial score (nSPS) is 10.9. The van der Waals surface area contributed by atoms with Crippen LogP contribution in [0.3, 0.4) is 0 Å². The molecular weight excluding hydrogens is 484 g/mol. The SMILES string of the molecule is Cn1c(=O)c2c(SCC(=O)NCCc3ccccc3)nc(-c3ccc([N+](=O)[O-])cc3)nc2n(C)c1=O. The molecule has 0 aliphatic heterocycles. The van der Waals surface area contributed by atoms with Crippen LogP contribution in [-0.4, -0.2) is 42.2 Å². The van der Waals surface area contributed by atoms with Gasteiger partial charge in [0.2, 0.25) is 5.91 Å². The fourth-order valence-electron chi connectivity index (χ4n) is 3.57. The predicted molar refractivity (Wildman–Crippen MR) is 136 cm³/mol. The van der Waals surface area contributed by atoms with Gasteiger partial charge in [-0.2, -0.15) is 0 Å². The van der Waals surface area contributed by atoms with Crippen molar-refractivity contribution < 1.29 is 9.72 Å². The largest absolute Gasteiger partial charge is 0.355 e. The second-order valence-electron chi connectivity index (χ2n) is 7.93. The Balaban J connectivity index is 1.64. The molecule has 11 nitrogen and oxygen atoms in total. The number of rotatable bonds is 8. The van der Waals surface area contributed by atoms with Crippen molar-refractivity contribution in [3.8, 4) is 11.4 Å². The number of aromatic nitrogens is 4. The molecule has 2 heterocycles. The lowest BCUT2D eigenvalue weighted by Gasteiger charge is -2.12. The Morgan fingerprint density at radius 2 is 1.72 bits per heavy atom. The lowest BCUT2D eigenvalue weighted by molar-refractivity contribution is -0.384. The third-order valence-corrected chi connectivity index (χ3v) is 6.50. The highest BCUT2D eigenvalue weighted by molar-refractivity contribution is 8.00. The zero-order valence-electron chi connectivity index (χ0n) is 19.5. The number of thioether (sulfide) groups is 1. The number of benzene rings is 2. The van der Waals surface area contributed by atoms with E-state index < -0.39 is 16.2 Å². The van der Waals surface area contributed by atoms with Crippen LogP contribution < -0.4 is 16.6 Å². The number of carbonyl (C=O) groups is 1. The van der Waals surface area contributed by atoms with Crippen LogP contribution in [0.5, 0.6) is 0 Å². The Bertz CT molecular complexity index is 1560. The Morgan fingerprint density at radius 1 is 1.03 bits per heavy atom. The van der Waals surface area contributed by atoms with Crippen LogP contribution >= 0.6 is 11.8 Å². The monoisotopic (exact) mass is 506 g/mol. The number of nitrogens with zero attached hydrogens (tertiary/aromatic N) is 5. The second kappa shape index (κ2) is 10.5. The van der Waals surface area contributed by atoms with E-state index in [1.807, 2.05) is 30.3 Å². The number of nitro groups is 1. The van der Waals surface area contributed by atoms with Crippen molar-refractivity contribution in [2.75, 3.05) is 12.3 Å². The summed E-state index contributed by atoms with van der Waals surface area (Å²) in [6.07, 6.45) is 0.681. The van der Waals surface area contributed by atoms with Crippen molar-refractivity contribution >= 4 is 34.4 Å². The first kappa shape index (κ1) is 24.8. The Hall–Kier alpha value is -4.32. The number of aryl methyl sites for hydroxylation is 1. The molecule has 0 radical (unpaired) electrons. The summed E-state index contributed by atoms with van der Waals surface area (Å²) in [6, 6.07) is 15.4. The van der Waals surface area contributed by atoms with Crippen LogP contribution in [0.25, 0.3) is 22.4 Å². The molecule has 4 aromatic rings. The van der Waals surface area contributed by atoms with E-state index in [1.54, 1.807) is 0 Å². The highest BCUT2D eigenvalue weighted by Gasteiger charge is 2.19. The van der Waals surface area contributed by atoms with E-state index in [4.69, 9.17) is 0 Å². The summed E-state index contributed by atoms with van der Waals surface area (Å²) in [5.74, 6) is -0.0686. The maximum atomic E-state index is 12.9. The maximum absolute atomic E-state index is 12.9. The molecule has 0 aliphatic carbocycles. The molecule has 0 aliphatic rings. The van der Waals surface area contributed by atoms with Gasteiger partial charge >= 0.3 is 5.69 Å². The maximum Gasteiger partial charge on any atom is 0.332 e. The van der Waals surface area contributed by atoms with Crippen molar-refractivity contribution in [3.63, 3.8) is 0 Å². The van der Waals surface area contributed by atoms with E-state index in [-0.39, 0.29) is 39.2 Å². The van der Waals surface area contributed by atoms with Crippen LogP contribution in [-0.2, 0) is 25.3 Å². The van der Waals surface area contributed by atoms with Gasteiger partial charge in [-0.1, -0.05) is 42.1 Å². The van der Waals surface area contributed by atoms with Crippen molar-refractivity contribution in [3.05, 3.63) is 91.1 Å². The van der Waals surface area contributed by atoms with Gasteiger partial charge < -0.3 is 5.32 Å². The van der Waals surface area contributed by atoms with Crippen LogP contribution in [0.1, 0.15) is 5.56 Å². The molecular formula is C24H22N6O5S. The quantitative estimate of drug-likeness (QED) is 0.166. The number of amides is 1. The first-order valence-corrected chi connectivity index (χ1v) is 11.9. The highest BCUT2D eigenvalue weighted by Crippen LogP contribution is 2.27. The molecule has 0 saturated carbocycles. The zero-order chi connectivity index (χ0) is 25.8. The van der Waals surface area contributed by atoms with Crippen LogP contribution in [0.2, 0.25) is 0 Å². The van der Waals surface area contributed by atoms with E-state index in [1.165, 1.54) is 42.9 Å². The van der Waals surface area contributed by atoms with E-state index in [0.29, 0.717) is 18.5 Å². The Morgan fingerprint density at radius 3 is 2.39 bits per heavy atom. The molecule has 184 valence electrons. The highest BCUT2D eigenvalue weighted by atomic mass is 32.2. The average molecular weight is 507 g/mol. The van der Waals surface area contributed by atoms with Gasteiger partial charge in [-0.05, 0) is 24.1 Å². The van der Waals surface area contributed by atoms with E-state index in [0.717, 1.165) is 21.9 Å². The van der Waals surface area contributed by atoms with Crippen molar-refractivity contribution in [1.29, 1.82) is 0 Å². The van der Waals surface area contributed by atoms with Gasteiger partial charge in [-0.15, -0.1) is 0 Å². The third kappa shape index (κ3) is 5.18. The van der Waals surface area contributed by atoms with Gasteiger partial charge in [0.1, 0.15) is 10.4 Å². The van der Waals surface area contributed by atoms with Gasteiger partial charge in [-0.25, -0.2) is 14.8 Å². The first-order chi connectivity index (χ1) is 17.3. The zero-order valence-corrected chi connectivity index (χ0v) is 20.3. The van der Waals surface area contributed by atoms with Crippen LogP contribution in [0.15, 0.2) is 69.2 Å². The minimum atomic E-state index is -0.574. The predicted octanol–water partition coefficient (Wildman–Crippen LogP) is 2.05. The molecule has 1 N–H and O–H groups in total. The molecule has 12 heteroatoms. The van der Waals surface area contributed by atoms with Crippen molar-refractivity contribution in [2.24, 2.45) is 14.1 Å². The molecule has 4 rings (SSSR count). The smallest absolute Gasteiger partial charge is 0.332 e. The summed E-state index contributed by atoms with van der Waals surface area (Å²) in [4.78, 5) is 57.3. The van der Waals surface area contributed by atoms with Gasteiger partial charge in [0, 0.05) is 38.3 Å². The molecule has 0 saturated heterocycles. The summed E-state index contributed by atoms with van der Waals surface area (Å²) >= 11 is 1.06. The number of hydrogen-bond acceptors (Lipinski definition) is 8. The van der Waals surface area contributed by atoms with Gasteiger partial charge in [0.05, 0.1) is 10.7 Å². The van der Waals surface area contributed by atoms with E-state index in [9.17, 15) is 24.5 Å². The van der Waals surface area contributed by atoms with Crippen molar-refractivity contribution in [1.82, 2.24) is 24.4 Å². The topological polar surface area (TPSA) is 142 Å². The molecule has 2 aromatic carbocycles. The third-order valence-electron chi connectivity index (χ3n) is 5.52. The number of fused-ring (bicyclic) bond motifs is 1. The standard InChI is InChI=1S/C24H22N6O5S/c1-28-21-19(23(32)29(2)24(28)33)22(27-20(26-21)16-8-10-17(11-9-16)30(34)35)36-14-18(31)25-13-12-15-6-4-3-5-7-15/h3-11H,12-14H2,1-2H3,(H,25,31). The summed E-state index contributed by atoms with van der Waals surface area (Å²) in [5.41, 5.74) is 0.445. The number of nitro benzene ring substituents is 1. The van der Waals surface area contributed by atoms with E-state index >= 15 is 0 Å². The number of non-ortho nitro benzene ring substituents is 1. The molecule has 0 fully saturated rings. The molecule has 2 aromatic heterocycles. The number of carbonyl (C=O) groups excluding carboxylic acids is 1. The molecule has 0 bridgehead atoms. The Kier molecular flexibility index (Phi) is 7.25. The fraction of sp³-hybridized carbons (Fsp3) is 0.208. The molecule has 0 spiro atoms. The van der Waals surface area contributed by atoms with Gasteiger partial charge in [-0.3, -0.25) is 28.8 Å². The van der Waals surface area contributed by atoms with Crippen LogP contribution in [0, 0.1) is 10.1 Å². The Labute approximate surface area is 209 Å². The van der Waals surface area contributed by atoms with Crippen molar-refractivity contribution in [2.45, 2.75) is 11.4 Å². The first-order valence-electron chi connectivity index (χ1n) is 10.9. The number of nitrogens with one attached hydrogen (secondary N) is 1. The lowest BCUT2D eigenvalue weighted by Crippen LogP contribution is -2.37. The summed E-state index contributed by atoms with van der Waals surface area (Å²) < 4.78 is 2.19. The molecule has 36 heavy (non-hydrogen) atoms. The second-order valence-corrected chi connectivity index (χ2v) is 8.90. The van der Waals surface area contributed by atoms with Crippen LogP contribution in [0.4, 0.5) is 5.69 Å². The summed E-state index contributed by atoms with van der Waals surface area (Å²) in [7, 11) is 2.85. The fourth-order valence-corrected chi connectivity index (χ4v) is 4.41. The molecule has 0 atom stereocenters. The lowest BCUT2D eigenvalue weighted by atomic mass is 10.1. The molecule has 0 unspecified atom stereocenters. The van der Waals surface area contributed by atoms with E-state index in [2.05, 4.69) is 15.3 Å². The summed E-state index contributed by atoms with van der Waals surface area (Å²) in [5, 5.41) is 14.2. The molecule has 1 amide bonds. The summed E-state index contributed by atoms with van der Waals surface area (Å²) in [6.45, 7) is 0.457.